The minimum atomic E-state index is -0.765. The van der Waals surface area contributed by atoms with Crippen LogP contribution in [0.3, 0.4) is 0 Å². The summed E-state index contributed by atoms with van der Waals surface area (Å²) in [5, 5.41) is 3.20. The molecule has 0 heterocycles. The summed E-state index contributed by atoms with van der Waals surface area (Å²) in [5.41, 5.74) is 0. The second kappa shape index (κ2) is 8.48. The summed E-state index contributed by atoms with van der Waals surface area (Å²) in [6.45, 7) is 8.59. The van der Waals surface area contributed by atoms with E-state index >= 15 is 0 Å². The van der Waals surface area contributed by atoms with E-state index in [-0.39, 0.29) is 0 Å². The van der Waals surface area contributed by atoms with Gasteiger partial charge in [0.1, 0.15) is 0 Å². The number of unbranched alkanes of at least 4 members (excludes halogenated alkanes) is 4. The van der Waals surface area contributed by atoms with Gasteiger partial charge >= 0.3 is 0 Å². The normalized spacial score (nSPS) is 12.0. The van der Waals surface area contributed by atoms with E-state index in [4.69, 9.17) is 0 Å². The summed E-state index contributed by atoms with van der Waals surface area (Å²) < 4.78 is 0. The first kappa shape index (κ1) is 14.2. The molecule has 0 atom stereocenters. The lowest BCUT2D eigenvalue weighted by molar-refractivity contribution is 0.608. The van der Waals surface area contributed by atoms with Crippen molar-refractivity contribution in [2.45, 2.75) is 64.2 Å². The van der Waals surface area contributed by atoms with Crippen LogP contribution in [0.4, 0.5) is 0 Å². The van der Waals surface area contributed by atoms with Crippen LogP contribution in [0, 0.1) is 0 Å². The van der Waals surface area contributed by atoms with Crippen molar-refractivity contribution in [1.29, 1.82) is 0 Å². The predicted molar refractivity (Wildman–Crippen MR) is 69.8 cm³/mol. The van der Waals surface area contributed by atoms with Crippen LogP contribution in [0.25, 0.3) is 0 Å². The van der Waals surface area contributed by atoms with Crippen LogP contribution in [-0.2, 0) is 0 Å². The van der Waals surface area contributed by atoms with Crippen LogP contribution in [0.1, 0.15) is 39.0 Å². The van der Waals surface area contributed by atoms with E-state index < -0.39 is 8.07 Å². The first-order valence-electron chi connectivity index (χ1n) is 6.27. The largest absolute Gasteiger partial charge is 0.320 e. The Bertz CT molecular complexity index is 123. The molecule has 0 aromatic heterocycles. The van der Waals surface area contributed by atoms with Gasteiger partial charge in [-0.2, -0.15) is 0 Å². The smallest absolute Gasteiger partial charge is 0.0471 e. The van der Waals surface area contributed by atoms with Gasteiger partial charge in [-0.15, -0.1) is 0 Å². The minimum Gasteiger partial charge on any atom is -0.320 e. The Hall–Kier alpha value is 0.177. The highest BCUT2D eigenvalue weighted by atomic mass is 28.3. The number of hydrogen-bond acceptors (Lipinski definition) is 1. The maximum Gasteiger partial charge on any atom is 0.0471 e. The lowest BCUT2D eigenvalue weighted by Gasteiger charge is -2.19. The molecule has 0 fully saturated rings. The molecule has 0 aliphatic carbocycles. The van der Waals surface area contributed by atoms with E-state index in [9.17, 15) is 0 Å². The van der Waals surface area contributed by atoms with E-state index in [2.05, 4.69) is 25.3 Å². The second-order valence-corrected chi connectivity index (χ2v) is 10.7. The highest BCUT2D eigenvalue weighted by Gasteiger charge is 2.16. The molecule has 0 spiro atoms. The molecule has 0 rings (SSSR count). The fourth-order valence-corrected chi connectivity index (χ4v) is 3.17. The van der Waals surface area contributed by atoms with E-state index in [0.29, 0.717) is 0 Å². The maximum atomic E-state index is 3.20. The molecule has 0 amide bonds. The first-order valence-corrected chi connectivity index (χ1v) is 9.68. The summed E-state index contributed by atoms with van der Waals surface area (Å²) in [7, 11) is 1.27. The first-order chi connectivity index (χ1) is 6.62. The quantitative estimate of drug-likeness (QED) is 0.454. The van der Waals surface area contributed by atoms with Crippen molar-refractivity contribution in [3.05, 3.63) is 0 Å². The van der Waals surface area contributed by atoms with Gasteiger partial charge in [-0.25, -0.2) is 0 Å². The Kier molecular flexibility index (Phi) is 8.59. The zero-order chi connectivity index (χ0) is 10.9. The molecule has 0 saturated heterocycles. The topological polar surface area (TPSA) is 12.0 Å². The van der Waals surface area contributed by atoms with E-state index in [1.807, 2.05) is 7.05 Å². The van der Waals surface area contributed by atoms with Crippen molar-refractivity contribution in [3.63, 3.8) is 0 Å². The van der Waals surface area contributed by atoms with Crippen molar-refractivity contribution in [2.24, 2.45) is 0 Å². The lowest BCUT2D eigenvalue weighted by atomic mass is 10.1. The van der Waals surface area contributed by atoms with Gasteiger partial charge in [-0.3, -0.25) is 0 Å². The van der Waals surface area contributed by atoms with Gasteiger partial charge in [0.15, 0.2) is 0 Å². The average Bonchev–Trinajstić information content (AvgIpc) is 2.16. The molecule has 0 bridgehead atoms. The van der Waals surface area contributed by atoms with Crippen LogP contribution in [0.15, 0.2) is 0 Å². The summed E-state index contributed by atoms with van der Waals surface area (Å²) in [6, 6.07) is 2.99. The van der Waals surface area contributed by atoms with Gasteiger partial charge in [0.05, 0.1) is 0 Å². The molecule has 86 valence electrons. The predicted octanol–water partition coefficient (Wildman–Crippen LogP) is 3.88. The van der Waals surface area contributed by atoms with Crippen molar-refractivity contribution in [1.82, 2.24) is 5.32 Å². The monoisotopic (exact) mass is 215 g/mol. The third-order valence-electron chi connectivity index (χ3n) is 3.24. The standard InChI is InChI=1S/C12H29NSi/c1-5-14(3,4)12-10-8-6-7-9-11-13-2/h13H,5-12H2,1-4H3. The van der Waals surface area contributed by atoms with Crippen LogP contribution in [-0.4, -0.2) is 21.7 Å². The Labute approximate surface area is 91.7 Å². The van der Waals surface area contributed by atoms with Crippen LogP contribution >= 0.6 is 0 Å². The van der Waals surface area contributed by atoms with Gasteiger partial charge in [0.2, 0.25) is 0 Å². The molecule has 1 N–H and O–H groups in total. The summed E-state index contributed by atoms with van der Waals surface area (Å²) in [6.07, 6.45) is 7.14. The molecule has 1 nitrogen and oxygen atoms in total. The van der Waals surface area contributed by atoms with Gasteiger partial charge in [-0.05, 0) is 20.0 Å². The zero-order valence-corrected chi connectivity index (χ0v) is 11.7. The fraction of sp³-hybridized carbons (Fsp3) is 1.00. The van der Waals surface area contributed by atoms with Crippen LogP contribution < -0.4 is 5.32 Å². The Balaban J connectivity index is 3.13. The maximum absolute atomic E-state index is 3.20. The highest BCUT2D eigenvalue weighted by Crippen LogP contribution is 2.18. The molecule has 2 heteroatoms. The minimum absolute atomic E-state index is 0.765. The molecule has 0 aromatic carbocycles. The van der Waals surface area contributed by atoms with Gasteiger partial charge in [-0.1, -0.05) is 57.8 Å². The van der Waals surface area contributed by atoms with E-state index in [1.165, 1.54) is 50.7 Å². The van der Waals surface area contributed by atoms with Gasteiger partial charge < -0.3 is 5.32 Å². The zero-order valence-electron chi connectivity index (χ0n) is 10.7. The fourth-order valence-electron chi connectivity index (χ4n) is 1.61. The van der Waals surface area contributed by atoms with Gasteiger partial charge in [0.25, 0.3) is 0 Å². The number of nitrogens with one attached hydrogen (secondary N) is 1. The summed E-state index contributed by atoms with van der Waals surface area (Å²) in [5.74, 6) is 0. The average molecular weight is 215 g/mol. The van der Waals surface area contributed by atoms with Crippen molar-refractivity contribution < 1.29 is 0 Å². The third kappa shape index (κ3) is 8.76. The molecule has 0 unspecified atom stereocenters. The van der Waals surface area contributed by atoms with E-state index in [1.54, 1.807) is 0 Å². The van der Waals surface area contributed by atoms with Gasteiger partial charge in [0, 0.05) is 8.07 Å². The second-order valence-electron chi connectivity index (χ2n) is 5.14. The van der Waals surface area contributed by atoms with Crippen LogP contribution in [0.2, 0.25) is 25.2 Å². The number of hydrogen-bond donors (Lipinski definition) is 1. The van der Waals surface area contributed by atoms with Crippen molar-refractivity contribution in [3.8, 4) is 0 Å². The molecule has 0 aliphatic heterocycles. The Morgan fingerprint density at radius 3 is 2.07 bits per heavy atom. The molecule has 0 radical (unpaired) electrons. The molecule has 0 aliphatic rings. The molecule has 14 heavy (non-hydrogen) atoms. The molecule has 0 aromatic rings. The molecular weight excluding hydrogens is 186 g/mol. The summed E-state index contributed by atoms with van der Waals surface area (Å²) in [4.78, 5) is 0. The summed E-state index contributed by atoms with van der Waals surface area (Å²) >= 11 is 0. The number of rotatable bonds is 9. The highest BCUT2D eigenvalue weighted by molar-refractivity contribution is 6.77. The third-order valence-corrected chi connectivity index (χ3v) is 6.86. The van der Waals surface area contributed by atoms with Crippen molar-refractivity contribution in [2.75, 3.05) is 13.6 Å². The Morgan fingerprint density at radius 2 is 1.50 bits per heavy atom. The molecular formula is C12H29NSi. The van der Waals surface area contributed by atoms with Crippen molar-refractivity contribution >= 4 is 8.07 Å². The van der Waals surface area contributed by atoms with E-state index in [0.717, 1.165) is 0 Å². The molecule has 0 saturated carbocycles. The lowest BCUT2D eigenvalue weighted by Crippen LogP contribution is -2.22. The Morgan fingerprint density at radius 1 is 0.929 bits per heavy atom. The SMILES string of the molecule is CC[Si](C)(C)CCCCCCCNC. The van der Waals surface area contributed by atoms with Crippen LogP contribution in [0.5, 0.6) is 0 Å².